The van der Waals surface area contributed by atoms with Crippen LogP contribution in [-0.4, -0.2) is 16.7 Å². The minimum Gasteiger partial charge on any atom is -0.399 e. The SMILES string of the molecule is CC1c2cc(NNC(=O)c3ccc(N)cc3)ccc2C(C)(c2ccc(NC(=O)c3ccc([N+](=O)[O-])cc3)cc2)C1C. The molecule has 5 rings (SSSR count). The molecule has 3 unspecified atom stereocenters. The lowest BCUT2D eigenvalue weighted by Gasteiger charge is -2.33. The molecule has 0 aromatic heterocycles. The molecule has 0 saturated heterocycles. The van der Waals surface area contributed by atoms with Crippen molar-refractivity contribution in [2.24, 2.45) is 5.92 Å². The highest BCUT2D eigenvalue weighted by atomic mass is 16.6. The largest absolute Gasteiger partial charge is 0.399 e. The fourth-order valence-corrected chi connectivity index (χ4v) is 5.60. The van der Waals surface area contributed by atoms with Crippen LogP contribution >= 0.6 is 0 Å². The molecule has 0 saturated carbocycles. The van der Waals surface area contributed by atoms with Crippen molar-refractivity contribution in [1.82, 2.24) is 5.43 Å². The van der Waals surface area contributed by atoms with E-state index >= 15 is 0 Å². The van der Waals surface area contributed by atoms with Gasteiger partial charge in [0.2, 0.25) is 0 Å². The summed E-state index contributed by atoms with van der Waals surface area (Å²) >= 11 is 0. The molecule has 0 fully saturated rings. The first-order valence-electron chi connectivity index (χ1n) is 13.3. The van der Waals surface area contributed by atoms with Gasteiger partial charge in [-0.05, 0) is 89.2 Å². The number of non-ortho nitro benzene ring substituents is 1. The van der Waals surface area contributed by atoms with Crippen LogP contribution < -0.4 is 21.9 Å². The first-order valence-corrected chi connectivity index (χ1v) is 13.3. The van der Waals surface area contributed by atoms with E-state index < -0.39 is 4.92 Å². The Kier molecular flexibility index (Phi) is 7.19. The van der Waals surface area contributed by atoms with E-state index in [1.165, 1.54) is 35.4 Å². The van der Waals surface area contributed by atoms with Gasteiger partial charge in [0, 0.05) is 40.0 Å². The fraction of sp³-hybridized carbons (Fsp3) is 0.188. The van der Waals surface area contributed by atoms with Gasteiger partial charge in [-0.1, -0.05) is 39.0 Å². The van der Waals surface area contributed by atoms with Gasteiger partial charge in [0.15, 0.2) is 0 Å². The van der Waals surface area contributed by atoms with E-state index in [0.29, 0.717) is 22.5 Å². The van der Waals surface area contributed by atoms with Crippen LogP contribution in [0.2, 0.25) is 0 Å². The Balaban J connectivity index is 1.31. The van der Waals surface area contributed by atoms with Crippen molar-refractivity contribution in [3.05, 3.63) is 129 Å². The number of nitro groups is 1. The Morgan fingerprint density at radius 1 is 0.829 bits per heavy atom. The minimum absolute atomic E-state index is 0.0647. The second kappa shape index (κ2) is 10.8. The molecule has 4 aromatic carbocycles. The highest BCUT2D eigenvalue weighted by molar-refractivity contribution is 6.04. The van der Waals surface area contributed by atoms with E-state index in [4.69, 9.17) is 5.73 Å². The number of carbonyl (C=O) groups is 2. The lowest BCUT2D eigenvalue weighted by atomic mass is 9.70. The highest BCUT2D eigenvalue weighted by Gasteiger charge is 2.46. The number of benzene rings is 4. The predicted octanol–water partition coefficient (Wildman–Crippen LogP) is 6.25. The van der Waals surface area contributed by atoms with Crippen molar-refractivity contribution in [3.8, 4) is 0 Å². The van der Waals surface area contributed by atoms with Crippen LogP contribution in [-0.2, 0) is 5.41 Å². The summed E-state index contributed by atoms with van der Waals surface area (Å²) < 4.78 is 0. The number of anilines is 3. The quantitative estimate of drug-likeness (QED) is 0.122. The van der Waals surface area contributed by atoms with Crippen LogP contribution in [0.3, 0.4) is 0 Å². The number of nitrogens with two attached hydrogens (primary N) is 1. The summed E-state index contributed by atoms with van der Waals surface area (Å²) in [5.41, 5.74) is 17.6. The van der Waals surface area contributed by atoms with Gasteiger partial charge in [-0.25, -0.2) is 0 Å². The zero-order valence-electron chi connectivity index (χ0n) is 23.0. The molecule has 208 valence electrons. The third-order valence-corrected chi connectivity index (χ3v) is 8.34. The van der Waals surface area contributed by atoms with E-state index in [1.54, 1.807) is 24.3 Å². The molecule has 0 spiro atoms. The number of fused-ring (bicyclic) bond motifs is 1. The number of nitrogen functional groups attached to an aromatic ring is 1. The van der Waals surface area contributed by atoms with E-state index in [1.807, 2.05) is 30.3 Å². The van der Waals surface area contributed by atoms with Gasteiger partial charge >= 0.3 is 0 Å². The third kappa shape index (κ3) is 5.21. The summed E-state index contributed by atoms with van der Waals surface area (Å²) in [4.78, 5) is 35.6. The van der Waals surface area contributed by atoms with Crippen molar-refractivity contribution < 1.29 is 14.5 Å². The van der Waals surface area contributed by atoms with E-state index in [-0.39, 0.29) is 34.8 Å². The van der Waals surface area contributed by atoms with E-state index in [0.717, 1.165) is 11.3 Å². The monoisotopic (exact) mass is 549 g/mol. The van der Waals surface area contributed by atoms with E-state index in [2.05, 4.69) is 49.1 Å². The van der Waals surface area contributed by atoms with Crippen LogP contribution in [0, 0.1) is 16.0 Å². The summed E-state index contributed by atoms with van der Waals surface area (Å²) in [6.45, 7) is 6.69. The van der Waals surface area contributed by atoms with E-state index in [9.17, 15) is 19.7 Å². The van der Waals surface area contributed by atoms with Crippen LogP contribution in [0.4, 0.5) is 22.7 Å². The number of carbonyl (C=O) groups excluding carboxylic acids is 2. The van der Waals surface area contributed by atoms with Crippen molar-refractivity contribution >= 4 is 34.6 Å². The molecule has 5 N–H and O–H groups in total. The van der Waals surface area contributed by atoms with Gasteiger partial charge in [-0.2, -0.15) is 0 Å². The molecule has 0 bridgehead atoms. The normalized spacial score (nSPS) is 19.2. The molecule has 9 heteroatoms. The molecular weight excluding hydrogens is 518 g/mol. The zero-order valence-corrected chi connectivity index (χ0v) is 23.0. The average Bonchev–Trinajstić information content (AvgIpc) is 3.17. The average molecular weight is 550 g/mol. The molecule has 9 nitrogen and oxygen atoms in total. The molecule has 1 aliphatic carbocycles. The van der Waals surface area contributed by atoms with Gasteiger partial charge in [0.25, 0.3) is 17.5 Å². The van der Waals surface area contributed by atoms with Gasteiger partial charge in [0.05, 0.1) is 10.6 Å². The number of rotatable bonds is 7. The van der Waals surface area contributed by atoms with Crippen LogP contribution in [0.5, 0.6) is 0 Å². The highest BCUT2D eigenvalue weighted by Crippen LogP contribution is 2.54. The van der Waals surface area contributed by atoms with Gasteiger partial charge < -0.3 is 11.1 Å². The Morgan fingerprint density at radius 2 is 1.41 bits per heavy atom. The molecule has 4 aromatic rings. The number of hydrazine groups is 1. The second-order valence-electron chi connectivity index (χ2n) is 10.6. The maximum atomic E-state index is 12.7. The molecule has 0 radical (unpaired) electrons. The Labute approximate surface area is 237 Å². The van der Waals surface area contributed by atoms with Crippen molar-refractivity contribution in [2.75, 3.05) is 16.5 Å². The maximum Gasteiger partial charge on any atom is 0.269 e. The molecule has 0 aliphatic heterocycles. The molecule has 0 heterocycles. The van der Waals surface area contributed by atoms with Gasteiger partial charge in [0.1, 0.15) is 0 Å². The Hall–Kier alpha value is -5.18. The summed E-state index contributed by atoms with van der Waals surface area (Å²) in [6, 6.07) is 26.2. The number of hydrogen-bond acceptors (Lipinski definition) is 6. The van der Waals surface area contributed by atoms with Crippen LogP contribution in [0.1, 0.15) is 64.1 Å². The fourth-order valence-electron chi connectivity index (χ4n) is 5.60. The second-order valence-corrected chi connectivity index (χ2v) is 10.6. The number of hydrogen-bond donors (Lipinski definition) is 4. The number of amides is 2. The zero-order chi connectivity index (χ0) is 29.3. The minimum atomic E-state index is -0.498. The lowest BCUT2D eigenvalue weighted by molar-refractivity contribution is -0.384. The molecule has 3 atom stereocenters. The van der Waals surface area contributed by atoms with Gasteiger partial charge in [-0.15, -0.1) is 0 Å². The van der Waals surface area contributed by atoms with Crippen LogP contribution in [0.15, 0.2) is 91.0 Å². The van der Waals surface area contributed by atoms with Gasteiger partial charge in [-0.3, -0.25) is 30.6 Å². The summed E-state index contributed by atoms with van der Waals surface area (Å²) in [6.07, 6.45) is 0. The Morgan fingerprint density at radius 3 is 2.05 bits per heavy atom. The van der Waals surface area contributed by atoms with Crippen molar-refractivity contribution in [1.29, 1.82) is 0 Å². The summed E-state index contributed by atoms with van der Waals surface area (Å²) in [5, 5.41) is 13.7. The Bertz CT molecular complexity index is 1620. The first kappa shape index (κ1) is 27.4. The van der Waals surface area contributed by atoms with Crippen LogP contribution in [0.25, 0.3) is 0 Å². The standard InChI is InChI=1S/C32H31N5O4/c1-19-20(2)32(3,23-8-12-25(13-9-23)34-30(38)21-6-15-27(16-7-21)37(40)41)29-17-14-26(18-28(19)29)35-36-31(39)22-4-10-24(33)11-5-22/h4-20,35H,33H2,1-3H3,(H,34,38)(H,36,39). The molecule has 1 aliphatic rings. The number of nitrogens with one attached hydrogen (secondary N) is 3. The molecule has 2 amide bonds. The molecule has 41 heavy (non-hydrogen) atoms. The molecular formula is C32H31N5O4. The summed E-state index contributed by atoms with van der Waals surface area (Å²) in [5.74, 6) is -0.0307. The lowest BCUT2D eigenvalue weighted by Crippen LogP contribution is -2.29. The number of nitro benzene ring substituents is 1. The topological polar surface area (TPSA) is 139 Å². The third-order valence-electron chi connectivity index (χ3n) is 8.34. The summed E-state index contributed by atoms with van der Waals surface area (Å²) in [7, 11) is 0. The smallest absolute Gasteiger partial charge is 0.269 e. The maximum absolute atomic E-state index is 12.7. The van der Waals surface area contributed by atoms with Crippen molar-refractivity contribution in [3.63, 3.8) is 0 Å². The predicted molar refractivity (Wildman–Crippen MR) is 160 cm³/mol. The number of nitrogens with zero attached hydrogens (tertiary/aromatic N) is 1. The first-order chi connectivity index (χ1) is 19.6. The van der Waals surface area contributed by atoms with Crippen molar-refractivity contribution in [2.45, 2.75) is 32.1 Å².